The number of carboxylic acid groups (broad SMARTS) is 1. The molecule has 3 N–H and O–H groups in total. The van der Waals surface area contributed by atoms with E-state index in [1.807, 2.05) is 20.0 Å². The summed E-state index contributed by atoms with van der Waals surface area (Å²) in [6, 6.07) is 12.2. The first-order valence-corrected chi connectivity index (χ1v) is 14.0. The fourth-order valence-electron chi connectivity index (χ4n) is 5.03. The molecule has 1 fully saturated rings. The van der Waals surface area contributed by atoms with Crippen molar-refractivity contribution in [3.05, 3.63) is 65.9 Å². The van der Waals surface area contributed by atoms with Crippen molar-refractivity contribution in [1.82, 2.24) is 15.1 Å². The molecule has 0 bridgehead atoms. The third-order valence-electron chi connectivity index (χ3n) is 6.94. The van der Waals surface area contributed by atoms with Gasteiger partial charge in [-0.3, -0.25) is 9.59 Å². The molecule has 0 saturated heterocycles. The number of anilines is 1. The highest BCUT2D eigenvalue weighted by Gasteiger charge is 2.32. The van der Waals surface area contributed by atoms with Crippen LogP contribution in [0.25, 0.3) is 5.69 Å². The average molecular weight is 589 g/mol. The van der Waals surface area contributed by atoms with Gasteiger partial charge in [0, 0.05) is 24.0 Å². The number of halogens is 3. The molecule has 42 heavy (non-hydrogen) atoms. The molecule has 226 valence electrons. The van der Waals surface area contributed by atoms with Crippen LogP contribution in [0.1, 0.15) is 74.3 Å². The van der Waals surface area contributed by atoms with Gasteiger partial charge >= 0.3 is 12.3 Å². The summed E-state index contributed by atoms with van der Waals surface area (Å²) in [4.78, 5) is 23.1. The largest absolute Gasteiger partial charge is 0.573 e. The number of hydrogen-bond donors (Lipinski definition) is 3. The van der Waals surface area contributed by atoms with E-state index >= 15 is 0 Å². The molecule has 1 amide bonds. The van der Waals surface area contributed by atoms with Gasteiger partial charge in [-0.25, -0.2) is 4.68 Å². The van der Waals surface area contributed by atoms with Crippen molar-refractivity contribution in [3.63, 3.8) is 0 Å². The number of rotatable bonds is 12. The molecule has 2 aromatic carbocycles. The quantitative estimate of drug-likeness (QED) is 0.221. The Morgan fingerprint density at radius 3 is 2.31 bits per heavy atom. The maximum Gasteiger partial charge on any atom is 0.573 e. The Morgan fingerprint density at radius 1 is 1.05 bits per heavy atom. The normalized spacial score (nSPS) is 14.8. The van der Waals surface area contributed by atoms with Crippen LogP contribution in [0, 0.1) is 5.92 Å². The molecule has 3 aromatic rings. The van der Waals surface area contributed by atoms with Crippen molar-refractivity contribution < 1.29 is 37.3 Å². The molecule has 12 heteroatoms. The summed E-state index contributed by atoms with van der Waals surface area (Å²) in [7, 11) is 0. The van der Waals surface area contributed by atoms with Crippen molar-refractivity contribution in [2.75, 3.05) is 11.9 Å². The highest BCUT2D eigenvalue weighted by Crippen LogP contribution is 2.40. The van der Waals surface area contributed by atoms with E-state index in [1.54, 1.807) is 28.9 Å². The highest BCUT2D eigenvalue weighted by molar-refractivity contribution is 5.94. The van der Waals surface area contributed by atoms with Crippen LogP contribution in [0.4, 0.5) is 18.9 Å². The van der Waals surface area contributed by atoms with E-state index in [-0.39, 0.29) is 42.7 Å². The monoisotopic (exact) mass is 588 g/mol. The maximum absolute atomic E-state index is 12.6. The van der Waals surface area contributed by atoms with Gasteiger partial charge in [0.2, 0.25) is 5.88 Å². The maximum atomic E-state index is 12.6. The lowest BCUT2D eigenvalue weighted by atomic mass is 9.81. The summed E-state index contributed by atoms with van der Waals surface area (Å²) < 4.78 is 49.6. The van der Waals surface area contributed by atoms with E-state index < -0.39 is 12.3 Å². The first kappa shape index (κ1) is 30.7. The Kier molecular flexibility index (Phi) is 9.97. The predicted molar refractivity (Wildman–Crippen MR) is 150 cm³/mol. The fourth-order valence-corrected chi connectivity index (χ4v) is 5.03. The number of carbonyl (C=O) groups excluding carboxylic acids is 1. The summed E-state index contributed by atoms with van der Waals surface area (Å²) in [5.41, 5.74) is 2.56. The van der Waals surface area contributed by atoms with Crippen molar-refractivity contribution in [3.8, 4) is 17.3 Å². The van der Waals surface area contributed by atoms with Gasteiger partial charge in [-0.2, -0.15) is 0 Å². The van der Waals surface area contributed by atoms with Crippen LogP contribution < -0.4 is 20.1 Å². The lowest BCUT2D eigenvalue weighted by Gasteiger charge is -2.31. The lowest BCUT2D eigenvalue weighted by molar-refractivity contribution is -0.274. The van der Waals surface area contributed by atoms with Gasteiger partial charge in [0.1, 0.15) is 5.75 Å². The molecule has 1 heterocycles. The minimum atomic E-state index is -4.78. The van der Waals surface area contributed by atoms with Crippen molar-refractivity contribution >= 4 is 17.6 Å². The van der Waals surface area contributed by atoms with Gasteiger partial charge in [0.25, 0.3) is 5.91 Å². The zero-order valence-electron chi connectivity index (χ0n) is 23.5. The van der Waals surface area contributed by atoms with Gasteiger partial charge in [-0.05, 0) is 81.1 Å². The number of hydrogen-bond acceptors (Lipinski definition) is 6. The zero-order valence-corrected chi connectivity index (χ0v) is 23.5. The summed E-state index contributed by atoms with van der Waals surface area (Å²) in [6.45, 7) is 3.84. The lowest BCUT2D eigenvalue weighted by Crippen LogP contribution is -2.26. The number of aromatic nitrogens is 2. The van der Waals surface area contributed by atoms with Crippen LogP contribution in [-0.4, -0.2) is 45.8 Å². The van der Waals surface area contributed by atoms with Crippen LogP contribution in [0.15, 0.2) is 54.7 Å². The van der Waals surface area contributed by atoms with Gasteiger partial charge in [-0.1, -0.05) is 19.3 Å². The topological polar surface area (TPSA) is 115 Å². The summed E-state index contributed by atoms with van der Waals surface area (Å²) in [6.07, 6.45) is 2.08. The van der Waals surface area contributed by atoms with E-state index in [9.17, 15) is 22.8 Å². The number of aliphatic carboxylic acids is 1. The van der Waals surface area contributed by atoms with Crippen LogP contribution in [0.2, 0.25) is 0 Å². The van der Waals surface area contributed by atoms with Crippen LogP contribution in [0.3, 0.4) is 0 Å². The summed E-state index contributed by atoms with van der Waals surface area (Å²) in [5.74, 6) is -0.962. The molecule has 1 aliphatic carbocycles. The van der Waals surface area contributed by atoms with Crippen molar-refractivity contribution in [1.29, 1.82) is 0 Å². The van der Waals surface area contributed by atoms with Crippen molar-refractivity contribution in [2.24, 2.45) is 5.92 Å². The number of nitrogens with one attached hydrogen (secondary N) is 2. The third-order valence-corrected chi connectivity index (χ3v) is 6.94. The molecule has 1 saturated carbocycles. The Balaban J connectivity index is 1.61. The van der Waals surface area contributed by atoms with Crippen LogP contribution in [0.5, 0.6) is 11.6 Å². The molecule has 4 rings (SSSR count). The SMILES string of the molecule is CC(C)Oc1nn(-c2ccc(OC(F)(F)F)cc2)cc1C(Nc1ccc(C(=O)NCCC(=O)O)cc1)C1CCCCC1. The molecule has 0 spiro atoms. The smallest absolute Gasteiger partial charge is 0.481 e. The number of amides is 1. The minimum Gasteiger partial charge on any atom is -0.481 e. The summed E-state index contributed by atoms with van der Waals surface area (Å²) >= 11 is 0. The van der Waals surface area contributed by atoms with E-state index in [4.69, 9.17) is 9.84 Å². The molecule has 9 nitrogen and oxygen atoms in total. The van der Waals surface area contributed by atoms with Gasteiger partial charge in [0.05, 0.1) is 29.8 Å². The molecular formula is C30H35F3N4O5. The molecule has 0 aliphatic heterocycles. The fraction of sp³-hybridized carbons (Fsp3) is 0.433. The second kappa shape index (κ2) is 13.6. The van der Waals surface area contributed by atoms with Crippen LogP contribution >= 0.6 is 0 Å². The Hall–Kier alpha value is -4.22. The molecular weight excluding hydrogens is 553 g/mol. The average Bonchev–Trinajstić information content (AvgIpc) is 3.34. The minimum absolute atomic E-state index is 0.0403. The second-order valence-electron chi connectivity index (χ2n) is 10.5. The molecule has 1 aromatic heterocycles. The molecule has 1 aliphatic rings. The van der Waals surface area contributed by atoms with Gasteiger partial charge in [-0.15, -0.1) is 18.3 Å². The Labute approximate surface area is 242 Å². The first-order chi connectivity index (χ1) is 20.0. The van der Waals surface area contributed by atoms with E-state index in [0.717, 1.165) is 43.4 Å². The highest BCUT2D eigenvalue weighted by atomic mass is 19.4. The number of ether oxygens (including phenoxy) is 2. The molecule has 1 unspecified atom stereocenters. The van der Waals surface area contributed by atoms with E-state index in [0.29, 0.717) is 17.1 Å². The number of benzene rings is 2. The van der Waals surface area contributed by atoms with E-state index in [2.05, 4.69) is 20.5 Å². The molecule has 1 atom stereocenters. The first-order valence-electron chi connectivity index (χ1n) is 14.0. The van der Waals surface area contributed by atoms with Gasteiger partial charge < -0.3 is 25.2 Å². The van der Waals surface area contributed by atoms with Crippen molar-refractivity contribution in [2.45, 2.75) is 70.9 Å². The Morgan fingerprint density at radius 2 is 1.71 bits per heavy atom. The zero-order chi connectivity index (χ0) is 30.3. The van der Waals surface area contributed by atoms with Crippen LogP contribution in [-0.2, 0) is 4.79 Å². The van der Waals surface area contributed by atoms with E-state index in [1.165, 1.54) is 24.3 Å². The predicted octanol–water partition coefficient (Wildman–Crippen LogP) is 6.50. The number of carbonyl (C=O) groups is 2. The molecule has 0 radical (unpaired) electrons. The Bertz CT molecular complexity index is 1330. The standard InChI is InChI=1S/C30H35F3N4O5/c1-19(2)41-29-25(18-37(36-29)23-12-14-24(15-13-23)42-30(31,32)33)27(20-6-4-3-5-7-20)35-22-10-8-21(9-11-22)28(40)34-17-16-26(38)39/h8-15,18-20,27,35H,3-7,16-17H2,1-2H3,(H,34,40)(H,38,39). The van der Waals surface area contributed by atoms with Gasteiger partial charge in [0.15, 0.2) is 0 Å². The number of nitrogens with zero attached hydrogens (tertiary/aromatic N) is 2. The number of alkyl halides is 3. The third kappa shape index (κ3) is 8.64. The summed E-state index contributed by atoms with van der Waals surface area (Å²) in [5, 5.41) is 19.7. The number of carboxylic acids is 1. The second-order valence-corrected chi connectivity index (χ2v) is 10.5.